The van der Waals surface area contributed by atoms with Gasteiger partial charge < -0.3 is 5.73 Å². The molecule has 0 aliphatic heterocycles. The van der Waals surface area contributed by atoms with Crippen LogP contribution in [0.1, 0.15) is 20.8 Å². The summed E-state index contributed by atoms with van der Waals surface area (Å²) in [6, 6.07) is 9.25. The van der Waals surface area contributed by atoms with Gasteiger partial charge in [0.15, 0.2) is 0 Å². The van der Waals surface area contributed by atoms with E-state index in [1.807, 2.05) is 29.6 Å². The van der Waals surface area contributed by atoms with Gasteiger partial charge in [0, 0.05) is 5.56 Å². The number of carbonyl (C=O) groups is 1. The summed E-state index contributed by atoms with van der Waals surface area (Å²) in [5.74, 6) is -0.0238. The van der Waals surface area contributed by atoms with Crippen molar-refractivity contribution in [3.63, 3.8) is 0 Å². The van der Waals surface area contributed by atoms with Gasteiger partial charge in [0.25, 0.3) is 0 Å². The lowest BCUT2D eigenvalue weighted by molar-refractivity contribution is 0.104. The molecule has 88 valence electrons. The largest absolute Gasteiger partial charge is 0.330 e. The summed E-state index contributed by atoms with van der Waals surface area (Å²) in [7, 11) is 0. The maximum atomic E-state index is 12.1. The summed E-state index contributed by atoms with van der Waals surface area (Å²) in [4.78, 5) is 12.7. The van der Waals surface area contributed by atoms with E-state index < -0.39 is 0 Å². The van der Waals surface area contributed by atoms with Gasteiger partial charge in [-0.3, -0.25) is 4.79 Å². The Labute approximate surface area is 109 Å². The SMILES string of the molecule is NCCc1ccc(C(=O)c2sccc2Cl)cc1. The molecule has 0 spiro atoms. The van der Waals surface area contributed by atoms with Crippen molar-refractivity contribution in [2.45, 2.75) is 6.42 Å². The number of rotatable bonds is 4. The number of hydrogen-bond donors (Lipinski definition) is 1. The Balaban J connectivity index is 2.23. The summed E-state index contributed by atoms with van der Waals surface area (Å²) in [6.45, 7) is 0.615. The second-order valence-corrected chi connectivity index (χ2v) is 4.99. The molecule has 2 rings (SSSR count). The molecule has 0 unspecified atom stereocenters. The molecular formula is C13H12ClNOS. The fourth-order valence-corrected chi connectivity index (χ4v) is 2.68. The number of ketones is 1. The predicted molar refractivity (Wildman–Crippen MR) is 72.0 cm³/mol. The van der Waals surface area contributed by atoms with Crippen LogP contribution >= 0.6 is 22.9 Å². The average Bonchev–Trinajstić information content (AvgIpc) is 2.76. The molecule has 2 aromatic rings. The molecular weight excluding hydrogens is 254 g/mol. The van der Waals surface area contributed by atoms with Crippen LogP contribution < -0.4 is 5.73 Å². The molecule has 0 bridgehead atoms. The Hall–Kier alpha value is -1.16. The molecule has 2 N–H and O–H groups in total. The summed E-state index contributed by atoms with van der Waals surface area (Å²) in [5, 5.41) is 2.34. The number of carbonyl (C=O) groups excluding carboxylic acids is 1. The minimum Gasteiger partial charge on any atom is -0.330 e. The number of benzene rings is 1. The van der Waals surface area contributed by atoms with Crippen LogP contribution in [0.15, 0.2) is 35.7 Å². The molecule has 0 saturated heterocycles. The highest BCUT2D eigenvalue weighted by atomic mass is 35.5. The molecule has 0 saturated carbocycles. The monoisotopic (exact) mass is 265 g/mol. The summed E-state index contributed by atoms with van der Waals surface area (Å²) >= 11 is 7.30. The number of halogens is 1. The first kappa shape index (κ1) is 12.3. The van der Waals surface area contributed by atoms with E-state index in [2.05, 4.69) is 0 Å². The fraction of sp³-hybridized carbons (Fsp3) is 0.154. The van der Waals surface area contributed by atoms with E-state index in [-0.39, 0.29) is 5.78 Å². The summed E-state index contributed by atoms with van der Waals surface area (Å²) < 4.78 is 0. The second kappa shape index (κ2) is 5.45. The highest BCUT2D eigenvalue weighted by Crippen LogP contribution is 2.25. The lowest BCUT2D eigenvalue weighted by Crippen LogP contribution is -2.04. The van der Waals surface area contributed by atoms with E-state index in [1.54, 1.807) is 6.07 Å². The maximum Gasteiger partial charge on any atom is 0.204 e. The topological polar surface area (TPSA) is 43.1 Å². The van der Waals surface area contributed by atoms with Crippen LogP contribution in [-0.2, 0) is 6.42 Å². The van der Waals surface area contributed by atoms with Gasteiger partial charge in [-0.05, 0) is 30.0 Å². The van der Waals surface area contributed by atoms with Crippen molar-refractivity contribution in [2.75, 3.05) is 6.54 Å². The van der Waals surface area contributed by atoms with E-state index in [4.69, 9.17) is 17.3 Å². The van der Waals surface area contributed by atoms with Gasteiger partial charge in [0.1, 0.15) is 0 Å². The van der Waals surface area contributed by atoms with Crippen LogP contribution in [0, 0.1) is 0 Å². The van der Waals surface area contributed by atoms with Gasteiger partial charge in [0.05, 0.1) is 9.90 Å². The third kappa shape index (κ3) is 2.75. The van der Waals surface area contributed by atoms with E-state index >= 15 is 0 Å². The van der Waals surface area contributed by atoms with Crippen molar-refractivity contribution in [1.82, 2.24) is 0 Å². The Morgan fingerprint density at radius 1 is 1.24 bits per heavy atom. The van der Waals surface area contributed by atoms with E-state index in [1.165, 1.54) is 11.3 Å². The van der Waals surface area contributed by atoms with E-state index in [0.29, 0.717) is 22.0 Å². The van der Waals surface area contributed by atoms with E-state index in [9.17, 15) is 4.79 Å². The Morgan fingerprint density at radius 3 is 2.47 bits per heavy atom. The standard InChI is InChI=1S/C13H12ClNOS/c14-11-6-8-17-13(11)12(16)10-3-1-9(2-4-10)5-7-15/h1-4,6,8H,5,7,15H2. The Morgan fingerprint density at radius 2 is 1.94 bits per heavy atom. The van der Waals surface area contributed by atoms with Crippen LogP contribution in [0.25, 0.3) is 0 Å². The molecule has 0 amide bonds. The highest BCUT2D eigenvalue weighted by molar-refractivity contribution is 7.13. The van der Waals surface area contributed by atoms with Gasteiger partial charge >= 0.3 is 0 Å². The molecule has 17 heavy (non-hydrogen) atoms. The third-order valence-corrected chi connectivity index (χ3v) is 3.81. The predicted octanol–water partition coefficient (Wildman–Crippen LogP) is 3.13. The number of nitrogens with two attached hydrogens (primary N) is 1. The van der Waals surface area contributed by atoms with Gasteiger partial charge in [0.2, 0.25) is 5.78 Å². The molecule has 0 aliphatic rings. The van der Waals surface area contributed by atoms with Crippen LogP contribution in [0.4, 0.5) is 0 Å². The van der Waals surface area contributed by atoms with Gasteiger partial charge in [-0.15, -0.1) is 11.3 Å². The average molecular weight is 266 g/mol. The zero-order valence-electron chi connectivity index (χ0n) is 9.15. The zero-order valence-corrected chi connectivity index (χ0v) is 10.7. The van der Waals surface area contributed by atoms with Crippen molar-refractivity contribution >= 4 is 28.7 Å². The van der Waals surface area contributed by atoms with Crippen LogP contribution in [0.2, 0.25) is 5.02 Å². The first-order valence-corrected chi connectivity index (χ1v) is 6.55. The van der Waals surface area contributed by atoms with Gasteiger partial charge in [-0.2, -0.15) is 0 Å². The maximum absolute atomic E-state index is 12.1. The highest BCUT2D eigenvalue weighted by Gasteiger charge is 2.13. The molecule has 0 aliphatic carbocycles. The van der Waals surface area contributed by atoms with Crippen molar-refractivity contribution in [3.8, 4) is 0 Å². The van der Waals surface area contributed by atoms with Crippen LogP contribution in [0.5, 0.6) is 0 Å². The van der Waals surface area contributed by atoms with Gasteiger partial charge in [-0.1, -0.05) is 35.9 Å². The van der Waals surface area contributed by atoms with Crippen molar-refractivity contribution in [3.05, 3.63) is 56.7 Å². The first-order valence-electron chi connectivity index (χ1n) is 5.29. The molecule has 0 radical (unpaired) electrons. The van der Waals surface area contributed by atoms with Gasteiger partial charge in [-0.25, -0.2) is 0 Å². The van der Waals surface area contributed by atoms with Crippen molar-refractivity contribution in [1.29, 1.82) is 0 Å². The summed E-state index contributed by atoms with van der Waals surface area (Å²) in [5.41, 5.74) is 7.27. The molecule has 1 aromatic carbocycles. The van der Waals surface area contributed by atoms with Crippen LogP contribution in [-0.4, -0.2) is 12.3 Å². The Bertz CT molecular complexity index is 518. The smallest absolute Gasteiger partial charge is 0.204 e. The molecule has 2 nitrogen and oxygen atoms in total. The Kier molecular flexibility index (Phi) is 3.94. The lowest BCUT2D eigenvalue weighted by atomic mass is 10.1. The normalized spacial score (nSPS) is 10.5. The zero-order chi connectivity index (χ0) is 12.3. The quantitative estimate of drug-likeness (QED) is 0.863. The van der Waals surface area contributed by atoms with Crippen molar-refractivity contribution in [2.24, 2.45) is 5.73 Å². The number of hydrogen-bond acceptors (Lipinski definition) is 3. The minimum atomic E-state index is -0.0238. The molecule has 4 heteroatoms. The molecule has 0 atom stereocenters. The number of thiophene rings is 1. The van der Waals surface area contributed by atoms with E-state index in [0.717, 1.165) is 12.0 Å². The van der Waals surface area contributed by atoms with Crippen LogP contribution in [0.3, 0.4) is 0 Å². The second-order valence-electron chi connectivity index (χ2n) is 3.66. The fourth-order valence-electron chi connectivity index (χ4n) is 1.58. The van der Waals surface area contributed by atoms with Crippen molar-refractivity contribution < 1.29 is 4.79 Å². The first-order chi connectivity index (χ1) is 8.22. The molecule has 1 aromatic heterocycles. The molecule has 1 heterocycles. The summed E-state index contributed by atoms with van der Waals surface area (Å²) in [6.07, 6.45) is 0.828. The third-order valence-electron chi connectivity index (χ3n) is 2.47. The molecule has 0 fully saturated rings. The lowest BCUT2D eigenvalue weighted by Gasteiger charge is -2.02. The minimum absolute atomic E-state index is 0.0238.